The van der Waals surface area contributed by atoms with E-state index in [2.05, 4.69) is 40.8 Å². The Morgan fingerprint density at radius 3 is 2.19 bits per heavy atom. The molecule has 2 saturated carbocycles. The Hall–Kier alpha value is 0.0469. The molecule has 0 aliphatic heterocycles. The Kier molecular flexibility index (Phi) is 5.87. The van der Waals surface area contributed by atoms with Gasteiger partial charge in [-0.25, -0.2) is 0 Å². The molecular weight excluding hydrogens is 368 g/mol. The standard InChI is InChI=1S/C19H38O5SSi/c1-17(2,3)26(7,8)24-16-10-12-19(5,20)15-13-14(23-25(6,21)22)9-11-18(15,16)4/h14-16,20H,9-13H2,1-8H3/t14-,15+,16+,18+,19-/m1/s1. The SMILES string of the molecule is CC(C)(C)[Si](C)(C)O[C@H]1CC[C@@](C)(O)[C@H]2C[C@H](OS(C)(=O)=O)CC[C@]12C. The van der Waals surface area contributed by atoms with Crippen molar-refractivity contribution in [2.24, 2.45) is 11.3 Å². The summed E-state index contributed by atoms with van der Waals surface area (Å²) in [4.78, 5) is 0. The van der Waals surface area contributed by atoms with Crippen LogP contribution in [0.2, 0.25) is 18.1 Å². The van der Waals surface area contributed by atoms with Gasteiger partial charge in [0.05, 0.1) is 24.1 Å². The van der Waals surface area contributed by atoms with Crippen LogP contribution >= 0.6 is 0 Å². The Morgan fingerprint density at radius 1 is 1.12 bits per heavy atom. The second kappa shape index (κ2) is 6.83. The summed E-state index contributed by atoms with van der Waals surface area (Å²) in [5, 5.41) is 11.2. The maximum atomic E-state index is 11.6. The zero-order chi connectivity index (χ0) is 20.2. The normalized spacial score (nSPS) is 39.5. The molecule has 7 heteroatoms. The quantitative estimate of drug-likeness (QED) is 0.563. The van der Waals surface area contributed by atoms with E-state index in [1.165, 1.54) is 0 Å². The van der Waals surface area contributed by atoms with Crippen molar-refractivity contribution < 1.29 is 22.1 Å². The molecule has 0 spiro atoms. The van der Waals surface area contributed by atoms with E-state index >= 15 is 0 Å². The predicted octanol–water partition coefficient (Wildman–Crippen LogP) is 4.07. The molecule has 0 aromatic heterocycles. The van der Waals surface area contributed by atoms with Gasteiger partial charge < -0.3 is 9.53 Å². The molecule has 0 aromatic carbocycles. The highest BCUT2D eigenvalue weighted by atomic mass is 32.2. The molecule has 5 nitrogen and oxygen atoms in total. The van der Waals surface area contributed by atoms with E-state index in [-0.39, 0.29) is 28.6 Å². The van der Waals surface area contributed by atoms with Crippen LogP contribution in [-0.2, 0) is 18.7 Å². The molecule has 1 N–H and O–H groups in total. The van der Waals surface area contributed by atoms with E-state index < -0.39 is 24.0 Å². The van der Waals surface area contributed by atoms with Crippen molar-refractivity contribution in [1.29, 1.82) is 0 Å². The Labute approximate surface area is 161 Å². The third-order valence-corrected chi connectivity index (χ3v) is 12.4. The zero-order valence-corrected chi connectivity index (χ0v) is 19.6. The predicted molar refractivity (Wildman–Crippen MR) is 107 cm³/mol. The van der Waals surface area contributed by atoms with Gasteiger partial charge in [-0.2, -0.15) is 8.42 Å². The third kappa shape index (κ3) is 4.54. The van der Waals surface area contributed by atoms with Gasteiger partial charge in [-0.1, -0.05) is 27.7 Å². The first-order valence-electron chi connectivity index (χ1n) is 9.76. The Bertz CT molecular complexity index is 622. The summed E-state index contributed by atoms with van der Waals surface area (Å²) in [5.74, 6) is -0.0287. The second-order valence-corrected chi connectivity index (χ2v) is 16.9. The van der Waals surface area contributed by atoms with Crippen molar-refractivity contribution in [3.05, 3.63) is 0 Å². The van der Waals surface area contributed by atoms with E-state index in [1.807, 2.05) is 6.92 Å². The van der Waals surface area contributed by atoms with Crippen molar-refractivity contribution in [2.75, 3.05) is 6.26 Å². The molecule has 2 fully saturated rings. The lowest BCUT2D eigenvalue weighted by atomic mass is 9.53. The van der Waals surface area contributed by atoms with Gasteiger partial charge in [0.25, 0.3) is 10.1 Å². The van der Waals surface area contributed by atoms with E-state index in [1.54, 1.807) is 0 Å². The van der Waals surface area contributed by atoms with Crippen LogP contribution in [0.25, 0.3) is 0 Å². The summed E-state index contributed by atoms with van der Waals surface area (Å²) in [5.41, 5.74) is -0.976. The van der Waals surface area contributed by atoms with Gasteiger partial charge in [0.1, 0.15) is 0 Å². The zero-order valence-electron chi connectivity index (χ0n) is 17.8. The average molecular weight is 407 g/mol. The Balaban J connectivity index is 2.27. The minimum absolute atomic E-state index is 0.0287. The lowest BCUT2D eigenvalue weighted by molar-refractivity contribution is -0.174. The lowest BCUT2D eigenvalue weighted by Crippen LogP contribution is -2.61. The summed E-state index contributed by atoms with van der Waals surface area (Å²) in [6.07, 6.45) is 4.45. The van der Waals surface area contributed by atoms with Crippen LogP contribution in [-0.4, -0.2) is 45.9 Å². The van der Waals surface area contributed by atoms with Crippen LogP contribution in [0, 0.1) is 11.3 Å². The van der Waals surface area contributed by atoms with Crippen LogP contribution < -0.4 is 0 Å². The van der Waals surface area contributed by atoms with Crippen LogP contribution in [0.5, 0.6) is 0 Å². The number of aliphatic hydroxyl groups is 1. The van der Waals surface area contributed by atoms with Crippen LogP contribution in [0.1, 0.15) is 66.7 Å². The number of rotatable bonds is 4. The van der Waals surface area contributed by atoms with Gasteiger partial charge in [-0.15, -0.1) is 0 Å². The maximum Gasteiger partial charge on any atom is 0.264 e. The van der Waals surface area contributed by atoms with Gasteiger partial charge >= 0.3 is 0 Å². The van der Waals surface area contributed by atoms with Crippen molar-refractivity contribution in [1.82, 2.24) is 0 Å². The van der Waals surface area contributed by atoms with E-state index in [9.17, 15) is 13.5 Å². The minimum atomic E-state index is -3.49. The average Bonchev–Trinajstić information content (AvgIpc) is 2.41. The molecule has 2 aliphatic carbocycles. The monoisotopic (exact) mass is 406 g/mol. The van der Waals surface area contributed by atoms with E-state index in [0.29, 0.717) is 19.3 Å². The maximum absolute atomic E-state index is 11.6. The summed E-state index contributed by atoms with van der Waals surface area (Å²) in [7, 11) is -5.41. The number of fused-ring (bicyclic) bond motifs is 1. The van der Waals surface area contributed by atoms with Gasteiger partial charge in [0, 0.05) is 0 Å². The van der Waals surface area contributed by atoms with Crippen molar-refractivity contribution in [2.45, 2.75) is 103 Å². The van der Waals surface area contributed by atoms with Crippen LogP contribution in [0.15, 0.2) is 0 Å². The largest absolute Gasteiger partial charge is 0.413 e. The van der Waals surface area contributed by atoms with Crippen LogP contribution in [0.3, 0.4) is 0 Å². The first kappa shape index (κ1) is 22.3. The second-order valence-electron chi connectivity index (χ2n) is 10.5. The molecule has 2 aliphatic rings. The Morgan fingerprint density at radius 2 is 1.69 bits per heavy atom. The molecule has 0 unspecified atom stereocenters. The highest BCUT2D eigenvalue weighted by Gasteiger charge is 2.57. The molecule has 0 saturated heterocycles. The van der Waals surface area contributed by atoms with Gasteiger partial charge in [-0.3, -0.25) is 4.18 Å². The topological polar surface area (TPSA) is 72.8 Å². The van der Waals surface area contributed by atoms with Crippen molar-refractivity contribution in [3.63, 3.8) is 0 Å². The number of hydrogen-bond donors (Lipinski definition) is 1. The van der Waals surface area contributed by atoms with Crippen molar-refractivity contribution >= 4 is 18.4 Å². The molecule has 0 amide bonds. The van der Waals surface area contributed by atoms with E-state index in [4.69, 9.17) is 8.61 Å². The fraction of sp³-hybridized carbons (Fsp3) is 1.00. The smallest absolute Gasteiger partial charge is 0.264 e. The molecular formula is C19H38O5SSi. The fourth-order valence-electron chi connectivity index (χ4n) is 4.63. The van der Waals surface area contributed by atoms with E-state index in [0.717, 1.165) is 19.1 Å². The molecule has 0 bridgehead atoms. The highest BCUT2D eigenvalue weighted by Crippen LogP contribution is 2.56. The van der Waals surface area contributed by atoms with Gasteiger partial charge in [0.15, 0.2) is 8.32 Å². The van der Waals surface area contributed by atoms with Gasteiger partial charge in [-0.05, 0) is 68.5 Å². The van der Waals surface area contributed by atoms with Gasteiger partial charge in [0.2, 0.25) is 0 Å². The molecule has 0 radical (unpaired) electrons. The summed E-state index contributed by atoms with van der Waals surface area (Å²) >= 11 is 0. The summed E-state index contributed by atoms with van der Waals surface area (Å²) in [6, 6.07) is 0. The lowest BCUT2D eigenvalue weighted by Gasteiger charge is -2.59. The molecule has 0 aromatic rings. The summed E-state index contributed by atoms with van der Waals surface area (Å²) < 4.78 is 35.2. The molecule has 0 heterocycles. The first-order valence-corrected chi connectivity index (χ1v) is 14.5. The fourth-order valence-corrected chi connectivity index (χ4v) is 6.75. The first-order chi connectivity index (χ1) is 11.5. The minimum Gasteiger partial charge on any atom is -0.413 e. The molecule has 26 heavy (non-hydrogen) atoms. The highest BCUT2D eigenvalue weighted by molar-refractivity contribution is 7.86. The third-order valence-electron chi connectivity index (χ3n) is 7.25. The number of hydrogen-bond acceptors (Lipinski definition) is 5. The molecule has 5 atom stereocenters. The molecule has 154 valence electrons. The molecule has 2 rings (SSSR count). The van der Waals surface area contributed by atoms with Crippen molar-refractivity contribution in [3.8, 4) is 0 Å². The van der Waals surface area contributed by atoms with Crippen LogP contribution in [0.4, 0.5) is 0 Å². The summed E-state index contributed by atoms with van der Waals surface area (Å²) in [6.45, 7) is 15.4.